The van der Waals surface area contributed by atoms with Gasteiger partial charge in [0.25, 0.3) is 11.8 Å². The number of benzene rings is 1. The van der Waals surface area contributed by atoms with Crippen LogP contribution in [0.4, 0.5) is 4.39 Å². The summed E-state index contributed by atoms with van der Waals surface area (Å²) in [7, 11) is 0. The molecule has 0 saturated carbocycles. The average molecular weight is 406 g/mol. The average Bonchev–Trinajstić information content (AvgIpc) is 3.19. The maximum absolute atomic E-state index is 12.9. The van der Waals surface area contributed by atoms with E-state index < -0.39 is 24.0 Å². The Hall–Kier alpha value is -2.74. The minimum Gasteiger partial charge on any atom is -0.451 e. The molecule has 1 aromatic heterocycles. The van der Waals surface area contributed by atoms with Gasteiger partial charge in [-0.25, -0.2) is 9.18 Å². The lowest BCUT2D eigenvalue weighted by Crippen LogP contribution is -2.47. The van der Waals surface area contributed by atoms with Gasteiger partial charge in [-0.15, -0.1) is 11.3 Å². The number of hydrogen-bond donors (Lipinski definition) is 2. The van der Waals surface area contributed by atoms with E-state index >= 15 is 0 Å². The predicted octanol–water partition coefficient (Wildman–Crippen LogP) is 2.89. The molecule has 150 valence electrons. The van der Waals surface area contributed by atoms with Crippen molar-refractivity contribution in [2.75, 3.05) is 0 Å². The predicted molar refractivity (Wildman–Crippen MR) is 104 cm³/mol. The van der Waals surface area contributed by atoms with Gasteiger partial charge in [0.15, 0.2) is 6.10 Å². The van der Waals surface area contributed by atoms with Crippen molar-refractivity contribution in [2.45, 2.75) is 39.5 Å². The van der Waals surface area contributed by atoms with Crippen molar-refractivity contribution in [2.24, 2.45) is 5.92 Å². The highest BCUT2D eigenvalue weighted by Gasteiger charge is 2.29. The second-order valence-corrected chi connectivity index (χ2v) is 7.54. The number of thiophene rings is 1. The van der Waals surface area contributed by atoms with Crippen molar-refractivity contribution >= 4 is 29.1 Å². The number of rotatable bonds is 8. The van der Waals surface area contributed by atoms with Gasteiger partial charge in [-0.3, -0.25) is 9.59 Å². The van der Waals surface area contributed by atoms with E-state index in [0.717, 1.165) is 5.56 Å². The molecule has 0 unspecified atom stereocenters. The molecule has 0 aliphatic carbocycles. The fourth-order valence-corrected chi connectivity index (χ4v) is 2.98. The Morgan fingerprint density at radius 2 is 1.79 bits per heavy atom. The number of esters is 1. The van der Waals surface area contributed by atoms with Crippen LogP contribution in [0.1, 0.15) is 36.0 Å². The maximum atomic E-state index is 12.9. The number of ether oxygens (including phenoxy) is 1. The lowest BCUT2D eigenvalue weighted by molar-refractivity contribution is -0.157. The van der Waals surface area contributed by atoms with Gasteiger partial charge >= 0.3 is 5.97 Å². The first-order valence-corrected chi connectivity index (χ1v) is 9.73. The van der Waals surface area contributed by atoms with E-state index in [1.54, 1.807) is 43.5 Å². The molecule has 6 nitrogen and oxygen atoms in total. The second-order valence-electron chi connectivity index (χ2n) is 6.60. The largest absolute Gasteiger partial charge is 0.451 e. The molecule has 0 spiro atoms. The zero-order valence-electron chi connectivity index (χ0n) is 15.9. The quantitative estimate of drug-likeness (QED) is 0.660. The first-order chi connectivity index (χ1) is 13.3. The Morgan fingerprint density at radius 3 is 2.36 bits per heavy atom. The van der Waals surface area contributed by atoms with E-state index in [2.05, 4.69) is 10.6 Å². The van der Waals surface area contributed by atoms with Crippen LogP contribution in [-0.2, 0) is 20.9 Å². The van der Waals surface area contributed by atoms with Crippen LogP contribution in [0.3, 0.4) is 0 Å². The third kappa shape index (κ3) is 6.16. The van der Waals surface area contributed by atoms with Gasteiger partial charge in [-0.05, 0) is 42.0 Å². The highest BCUT2D eigenvalue weighted by atomic mass is 32.1. The zero-order chi connectivity index (χ0) is 20.7. The number of carbonyl (C=O) groups excluding carboxylic acids is 3. The van der Waals surface area contributed by atoms with Crippen molar-refractivity contribution in [3.63, 3.8) is 0 Å². The van der Waals surface area contributed by atoms with E-state index in [1.807, 2.05) is 0 Å². The first kappa shape index (κ1) is 21.6. The van der Waals surface area contributed by atoms with E-state index in [-0.39, 0.29) is 24.2 Å². The fourth-order valence-electron chi connectivity index (χ4n) is 2.35. The number of carbonyl (C=O) groups is 3. The Kier molecular flexibility index (Phi) is 7.69. The van der Waals surface area contributed by atoms with Crippen molar-refractivity contribution in [3.05, 3.63) is 58.0 Å². The molecule has 2 rings (SSSR count). The molecule has 0 aliphatic rings. The lowest BCUT2D eigenvalue weighted by atomic mass is 10.0. The summed E-state index contributed by atoms with van der Waals surface area (Å²) in [5.41, 5.74) is 0.719. The van der Waals surface area contributed by atoms with Crippen LogP contribution in [0.25, 0.3) is 0 Å². The summed E-state index contributed by atoms with van der Waals surface area (Å²) in [6, 6.07) is 8.25. The van der Waals surface area contributed by atoms with E-state index in [9.17, 15) is 18.8 Å². The van der Waals surface area contributed by atoms with Crippen LogP contribution < -0.4 is 10.6 Å². The van der Waals surface area contributed by atoms with E-state index in [1.165, 1.54) is 30.4 Å². The van der Waals surface area contributed by atoms with Gasteiger partial charge in [0.05, 0.1) is 4.88 Å². The van der Waals surface area contributed by atoms with Crippen LogP contribution in [0.5, 0.6) is 0 Å². The molecule has 0 aliphatic heterocycles. The highest BCUT2D eigenvalue weighted by molar-refractivity contribution is 7.12. The Labute approximate surface area is 167 Å². The molecular weight excluding hydrogens is 383 g/mol. The number of amides is 2. The van der Waals surface area contributed by atoms with E-state index in [0.29, 0.717) is 4.88 Å². The van der Waals surface area contributed by atoms with Crippen LogP contribution in [0.15, 0.2) is 41.8 Å². The Morgan fingerprint density at radius 1 is 1.11 bits per heavy atom. The summed E-state index contributed by atoms with van der Waals surface area (Å²) in [4.78, 5) is 37.3. The molecule has 2 amide bonds. The minimum atomic E-state index is -1.03. The van der Waals surface area contributed by atoms with Gasteiger partial charge in [-0.2, -0.15) is 0 Å². The Bertz CT molecular complexity index is 806. The van der Waals surface area contributed by atoms with Gasteiger partial charge in [0, 0.05) is 6.54 Å². The Balaban J connectivity index is 1.89. The molecule has 2 aromatic rings. The third-order valence-electron chi connectivity index (χ3n) is 3.99. The molecule has 0 fully saturated rings. The van der Waals surface area contributed by atoms with Crippen LogP contribution in [0.2, 0.25) is 0 Å². The summed E-state index contributed by atoms with van der Waals surface area (Å²) in [6.45, 7) is 5.19. The van der Waals surface area contributed by atoms with E-state index in [4.69, 9.17) is 4.74 Å². The van der Waals surface area contributed by atoms with Crippen molar-refractivity contribution < 1.29 is 23.5 Å². The summed E-state index contributed by atoms with van der Waals surface area (Å²) in [6.07, 6.45) is -1.03. The summed E-state index contributed by atoms with van der Waals surface area (Å²) in [5.74, 6) is -2.10. The monoisotopic (exact) mass is 406 g/mol. The molecule has 28 heavy (non-hydrogen) atoms. The van der Waals surface area contributed by atoms with Crippen LogP contribution in [0, 0.1) is 11.7 Å². The lowest BCUT2D eigenvalue weighted by Gasteiger charge is -2.22. The number of halogens is 1. The van der Waals surface area contributed by atoms with Crippen molar-refractivity contribution in [3.8, 4) is 0 Å². The van der Waals surface area contributed by atoms with Gasteiger partial charge in [-0.1, -0.05) is 32.0 Å². The molecule has 1 aromatic carbocycles. The van der Waals surface area contributed by atoms with Crippen molar-refractivity contribution in [1.82, 2.24) is 10.6 Å². The number of hydrogen-bond acceptors (Lipinski definition) is 5. The minimum absolute atomic E-state index is 0.184. The third-order valence-corrected chi connectivity index (χ3v) is 4.86. The maximum Gasteiger partial charge on any atom is 0.329 e. The molecule has 0 radical (unpaired) electrons. The number of nitrogens with one attached hydrogen (secondary N) is 2. The topological polar surface area (TPSA) is 84.5 Å². The molecular formula is C20H23FN2O4S. The molecule has 1 heterocycles. The highest BCUT2D eigenvalue weighted by Crippen LogP contribution is 2.12. The molecule has 0 bridgehead atoms. The van der Waals surface area contributed by atoms with Gasteiger partial charge < -0.3 is 15.4 Å². The smallest absolute Gasteiger partial charge is 0.329 e. The molecule has 2 atom stereocenters. The van der Waals surface area contributed by atoms with Gasteiger partial charge in [0.2, 0.25) is 0 Å². The van der Waals surface area contributed by atoms with Crippen LogP contribution >= 0.6 is 11.3 Å². The summed E-state index contributed by atoms with van der Waals surface area (Å²) >= 11 is 1.27. The SMILES string of the molecule is CC(C)[C@H](NC(=O)c1cccs1)C(=O)O[C@@H](C)C(=O)NCc1ccc(F)cc1. The van der Waals surface area contributed by atoms with Gasteiger partial charge in [0.1, 0.15) is 11.9 Å². The van der Waals surface area contributed by atoms with Crippen LogP contribution in [-0.4, -0.2) is 29.9 Å². The molecule has 8 heteroatoms. The summed E-state index contributed by atoms with van der Waals surface area (Å²) < 4.78 is 18.1. The normalized spacial score (nSPS) is 12.9. The fraction of sp³-hybridized carbons (Fsp3) is 0.350. The second kappa shape index (κ2) is 9.98. The summed E-state index contributed by atoms with van der Waals surface area (Å²) in [5, 5.41) is 7.06. The first-order valence-electron chi connectivity index (χ1n) is 8.85. The standard InChI is InChI=1S/C20H23FN2O4S/c1-12(2)17(23-19(25)16-5-4-10-28-16)20(26)27-13(3)18(24)22-11-14-6-8-15(21)9-7-14/h4-10,12-13,17H,11H2,1-3H3,(H,22,24)(H,23,25)/t13-,17-/m0/s1. The molecule has 2 N–H and O–H groups in total. The zero-order valence-corrected chi connectivity index (χ0v) is 16.7. The van der Waals surface area contributed by atoms with Crippen molar-refractivity contribution in [1.29, 1.82) is 0 Å². The molecule has 0 saturated heterocycles.